The Morgan fingerprint density at radius 2 is 1.88 bits per heavy atom. The van der Waals surface area contributed by atoms with Gasteiger partial charge in [-0.3, -0.25) is 4.68 Å². The first-order chi connectivity index (χ1) is 11.8. The van der Waals surface area contributed by atoms with Gasteiger partial charge in [0.05, 0.1) is 12.2 Å². The lowest BCUT2D eigenvalue weighted by Crippen LogP contribution is -2.15. The average molecular weight is 401 g/mol. The van der Waals surface area contributed by atoms with Crippen LogP contribution in [-0.2, 0) is 23.6 Å². The Kier molecular flexibility index (Phi) is 4.72. The molecule has 0 saturated heterocycles. The minimum Gasteiger partial charge on any atom is -0.274 e. The summed E-state index contributed by atoms with van der Waals surface area (Å²) in [7, 11) is -2.18. The molecule has 0 radical (unpaired) electrons. The minimum atomic E-state index is -3.82. The van der Waals surface area contributed by atoms with Crippen LogP contribution < -0.4 is 4.72 Å². The number of anilines is 1. The zero-order chi connectivity index (χ0) is 18.2. The van der Waals surface area contributed by atoms with Crippen LogP contribution in [0.1, 0.15) is 11.3 Å². The van der Waals surface area contributed by atoms with Crippen LogP contribution >= 0.6 is 23.2 Å². The highest BCUT2D eigenvalue weighted by molar-refractivity contribution is 7.92. The van der Waals surface area contributed by atoms with E-state index in [0.717, 1.165) is 0 Å². The summed E-state index contributed by atoms with van der Waals surface area (Å²) < 4.78 is 30.0. The number of sulfonamides is 1. The minimum absolute atomic E-state index is 0.0496. The van der Waals surface area contributed by atoms with E-state index in [0.29, 0.717) is 21.3 Å². The van der Waals surface area contributed by atoms with Crippen molar-refractivity contribution in [3.63, 3.8) is 0 Å². The van der Waals surface area contributed by atoms with E-state index in [2.05, 4.69) is 19.9 Å². The zero-order valence-electron chi connectivity index (χ0n) is 13.3. The van der Waals surface area contributed by atoms with Crippen molar-refractivity contribution in [1.29, 1.82) is 0 Å². The Morgan fingerprint density at radius 1 is 1.20 bits per heavy atom. The number of halogens is 2. The van der Waals surface area contributed by atoms with E-state index in [1.165, 1.54) is 21.9 Å². The number of aromatic nitrogens is 5. The largest absolute Gasteiger partial charge is 0.274 e. The molecule has 2 heterocycles. The predicted molar refractivity (Wildman–Crippen MR) is 94.3 cm³/mol. The van der Waals surface area contributed by atoms with E-state index < -0.39 is 10.0 Å². The van der Waals surface area contributed by atoms with E-state index in [-0.39, 0.29) is 17.4 Å². The summed E-state index contributed by atoms with van der Waals surface area (Å²) >= 11 is 12.3. The molecule has 0 aliphatic heterocycles. The van der Waals surface area contributed by atoms with Crippen LogP contribution in [0.3, 0.4) is 0 Å². The highest BCUT2D eigenvalue weighted by atomic mass is 35.5. The standard InChI is InChI=1S/C14H14Cl2N6O2S/c1-9-13(7-21(2)18-9)25(23,24)20-14-17-8-22(19-14)6-10-11(15)4-3-5-12(10)16/h3-5,7-8H,6H2,1-2H3,(H,19,20). The third-order valence-electron chi connectivity index (χ3n) is 3.40. The molecular weight excluding hydrogens is 387 g/mol. The number of hydrogen-bond donors (Lipinski definition) is 1. The summed E-state index contributed by atoms with van der Waals surface area (Å²) in [4.78, 5) is 4.04. The Hall–Kier alpha value is -2.10. The van der Waals surface area contributed by atoms with Crippen molar-refractivity contribution in [3.8, 4) is 0 Å². The van der Waals surface area contributed by atoms with Gasteiger partial charge in [-0.15, -0.1) is 5.10 Å². The molecule has 2 aromatic heterocycles. The molecule has 25 heavy (non-hydrogen) atoms. The van der Waals surface area contributed by atoms with Crippen LogP contribution in [0.2, 0.25) is 10.0 Å². The van der Waals surface area contributed by atoms with E-state index in [4.69, 9.17) is 23.2 Å². The fraction of sp³-hybridized carbons (Fsp3) is 0.214. The maximum atomic E-state index is 12.4. The van der Waals surface area contributed by atoms with Crippen LogP contribution in [0, 0.1) is 6.92 Å². The van der Waals surface area contributed by atoms with Crippen molar-refractivity contribution in [2.45, 2.75) is 18.4 Å². The molecule has 0 unspecified atom stereocenters. The molecule has 1 aromatic carbocycles. The maximum absolute atomic E-state index is 12.4. The van der Waals surface area contributed by atoms with Gasteiger partial charge in [-0.25, -0.2) is 17.8 Å². The van der Waals surface area contributed by atoms with Crippen LogP contribution in [-0.4, -0.2) is 33.0 Å². The molecule has 0 amide bonds. The van der Waals surface area contributed by atoms with Gasteiger partial charge in [-0.2, -0.15) is 10.1 Å². The molecular formula is C14H14Cl2N6O2S. The summed E-state index contributed by atoms with van der Waals surface area (Å²) in [5.74, 6) is -0.0496. The number of aryl methyl sites for hydroxylation is 2. The second-order valence-electron chi connectivity index (χ2n) is 5.32. The van der Waals surface area contributed by atoms with Crippen LogP contribution in [0.15, 0.2) is 35.6 Å². The van der Waals surface area contributed by atoms with Crippen LogP contribution in [0.5, 0.6) is 0 Å². The summed E-state index contributed by atoms with van der Waals surface area (Å²) in [5, 5.41) is 9.12. The first kappa shape index (κ1) is 17.7. The molecule has 0 fully saturated rings. The number of benzene rings is 1. The number of nitrogens with one attached hydrogen (secondary N) is 1. The Balaban J connectivity index is 1.81. The molecule has 11 heteroatoms. The van der Waals surface area contributed by atoms with E-state index >= 15 is 0 Å². The average Bonchev–Trinajstić information content (AvgIpc) is 3.09. The van der Waals surface area contributed by atoms with Gasteiger partial charge >= 0.3 is 0 Å². The van der Waals surface area contributed by atoms with Gasteiger partial charge in [-0.1, -0.05) is 29.3 Å². The van der Waals surface area contributed by atoms with E-state index in [9.17, 15) is 8.42 Å². The first-order valence-corrected chi connectivity index (χ1v) is 9.35. The highest BCUT2D eigenvalue weighted by Gasteiger charge is 2.21. The van der Waals surface area contributed by atoms with Gasteiger partial charge in [0.2, 0.25) is 0 Å². The van der Waals surface area contributed by atoms with Crippen molar-refractivity contribution < 1.29 is 8.42 Å². The molecule has 3 rings (SSSR count). The lowest BCUT2D eigenvalue weighted by molar-refractivity contribution is 0.600. The quantitative estimate of drug-likeness (QED) is 0.709. The Morgan fingerprint density at radius 3 is 2.48 bits per heavy atom. The van der Waals surface area contributed by atoms with Crippen molar-refractivity contribution in [2.75, 3.05) is 4.72 Å². The van der Waals surface area contributed by atoms with E-state index in [1.807, 2.05) is 0 Å². The summed E-state index contributed by atoms with van der Waals surface area (Å²) in [6.45, 7) is 1.87. The maximum Gasteiger partial charge on any atom is 0.267 e. The number of rotatable bonds is 5. The van der Waals surface area contributed by atoms with E-state index in [1.54, 1.807) is 32.2 Å². The highest BCUT2D eigenvalue weighted by Crippen LogP contribution is 2.25. The monoisotopic (exact) mass is 400 g/mol. The third-order valence-corrected chi connectivity index (χ3v) is 5.54. The van der Waals surface area contributed by atoms with Crippen molar-refractivity contribution in [2.24, 2.45) is 7.05 Å². The van der Waals surface area contributed by atoms with Crippen molar-refractivity contribution in [3.05, 3.63) is 52.0 Å². The van der Waals surface area contributed by atoms with Crippen molar-refractivity contribution >= 4 is 39.2 Å². The fourth-order valence-corrected chi connectivity index (χ4v) is 3.96. The Bertz CT molecular complexity index is 1010. The predicted octanol–water partition coefficient (Wildman–Crippen LogP) is 2.48. The second kappa shape index (κ2) is 6.66. The lowest BCUT2D eigenvalue weighted by atomic mass is 10.2. The second-order valence-corrected chi connectivity index (χ2v) is 7.79. The molecule has 1 N–H and O–H groups in total. The fourth-order valence-electron chi connectivity index (χ4n) is 2.28. The van der Waals surface area contributed by atoms with Gasteiger partial charge in [0.1, 0.15) is 11.2 Å². The summed E-state index contributed by atoms with van der Waals surface area (Å²) in [6.07, 6.45) is 2.81. The summed E-state index contributed by atoms with van der Waals surface area (Å²) in [6, 6.07) is 5.17. The van der Waals surface area contributed by atoms with Gasteiger partial charge in [0, 0.05) is 28.9 Å². The smallest absolute Gasteiger partial charge is 0.267 e. The van der Waals surface area contributed by atoms with Gasteiger partial charge < -0.3 is 0 Å². The Labute approximate surface area is 154 Å². The van der Waals surface area contributed by atoms with Gasteiger partial charge in [-0.05, 0) is 19.1 Å². The lowest BCUT2D eigenvalue weighted by Gasteiger charge is -2.06. The van der Waals surface area contributed by atoms with Gasteiger partial charge in [0.15, 0.2) is 0 Å². The molecule has 0 bridgehead atoms. The third kappa shape index (κ3) is 3.78. The SMILES string of the molecule is Cc1nn(C)cc1S(=O)(=O)Nc1ncn(Cc2c(Cl)cccc2Cl)n1. The molecule has 0 aliphatic rings. The molecule has 0 saturated carbocycles. The zero-order valence-corrected chi connectivity index (χ0v) is 15.6. The molecule has 132 valence electrons. The first-order valence-electron chi connectivity index (χ1n) is 7.11. The molecule has 0 atom stereocenters. The normalized spacial score (nSPS) is 11.7. The summed E-state index contributed by atoms with van der Waals surface area (Å²) in [5.41, 5.74) is 1.06. The van der Waals surface area contributed by atoms with Crippen molar-refractivity contribution in [1.82, 2.24) is 24.5 Å². The number of hydrogen-bond acceptors (Lipinski definition) is 5. The number of nitrogens with zero attached hydrogens (tertiary/aromatic N) is 5. The molecule has 8 nitrogen and oxygen atoms in total. The van der Waals surface area contributed by atoms with Gasteiger partial charge in [0.25, 0.3) is 16.0 Å². The molecule has 0 spiro atoms. The van der Waals surface area contributed by atoms with Crippen LogP contribution in [0.25, 0.3) is 0 Å². The topological polar surface area (TPSA) is 94.7 Å². The molecule has 0 aliphatic carbocycles. The van der Waals surface area contributed by atoms with Crippen LogP contribution in [0.4, 0.5) is 5.95 Å². The molecule has 3 aromatic rings.